The summed E-state index contributed by atoms with van der Waals surface area (Å²) < 4.78 is 15.8. The second-order valence-corrected chi connectivity index (χ2v) is 15.7. The number of rotatable bonds is 33. The van der Waals surface area contributed by atoms with Crippen molar-refractivity contribution >= 4 is 41.2 Å². The van der Waals surface area contributed by atoms with Gasteiger partial charge < -0.3 is 24.6 Å². The molecule has 0 aliphatic heterocycles. The van der Waals surface area contributed by atoms with E-state index in [4.69, 9.17) is 19.3 Å². The average Bonchev–Trinajstić information content (AvgIpc) is 3.01. The number of amides is 1. The molecule has 2 N–H and O–H groups in total. The number of carboxylic acids is 1. The average molecular weight is 716 g/mol. The van der Waals surface area contributed by atoms with Gasteiger partial charge in [0.15, 0.2) is 0 Å². The van der Waals surface area contributed by atoms with Crippen LogP contribution in [-0.4, -0.2) is 84.6 Å². The van der Waals surface area contributed by atoms with E-state index in [0.29, 0.717) is 56.3 Å². The quantitative estimate of drug-likeness (QED) is 0.0515. The van der Waals surface area contributed by atoms with E-state index >= 15 is 0 Å². The number of aliphatic carboxylic acids is 1. The van der Waals surface area contributed by atoms with Crippen molar-refractivity contribution in [2.24, 2.45) is 17.8 Å². The molecule has 0 saturated heterocycles. The number of ether oxygens (including phenoxy) is 3. The first-order valence-electron chi connectivity index (χ1n) is 18.7. The Morgan fingerprint density at radius 3 is 1.90 bits per heavy atom. The fourth-order valence-corrected chi connectivity index (χ4v) is 6.05. The number of esters is 1. The van der Waals surface area contributed by atoms with Crippen LogP contribution >= 0.6 is 11.8 Å². The SMILES string of the molecule is CC(C)C(C)CC(=O)CCCCCCCSCCCCCC(=O)CCCC(CCC(=O)NCCOCCOCC(=O)O)C(=O)OC(C)(C)C. The van der Waals surface area contributed by atoms with Crippen molar-refractivity contribution in [1.82, 2.24) is 5.32 Å². The van der Waals surface area contributed by atoms with E-state index in [1.54, 1.807) is 0 Å². The number of carbonyl (C=O) groups excluding carboxylic acids is 4. The van der Waals surface area contributed by atoms with Crippen molar-refractivity contribution in [2.75, 3.05) is 44.5 Å². The fourth-order valence-electron chi connectivity index (χ4n) is 5.03. The molecular weight excluding hydrogens is 646 g/mol. The summed E-state index contributed by atoms with van der Waals surface area (Å²) in [6, 6.07) is 0. The Labute approximate surface area is 301 Å². The second kappa shape index (κ2) is 29.7. The van der Waals surface area contributed by atoms with E-state index in [1.165, 1.54) is 25.0 Å². The number of carboxylic acid groups (broad SMARTS) is 1. The molecule has 0 radical (unpaired) electrons. The molecule has 49 heavy (non-hydrogen) atoms. The number of hydrogen-bond acceptors (Lipinski definition) is 9. The third-order valence-electron chi connectivity index (χ3n) is 8.31. The second-order valence-electron chi connectivity index (χ2n) is 14.5. The highest BCUT2D eigenvalue weighted by Gasteiger charge is 2.26. The molecule has 0 saturated carbocycles. The van der Waals surface area contributed by atoms with Gasteiger partial charge in [-0.15, -0.1) is 0 Å². The Balaban J connectivity index is 4.02. The molecule has 0 spiro atoms. The van der Waals surface area contributed by atoms with Gasteiger partial charge in [-0.3, -0.25) is 19.2 Å². The van der Waals surface area contributed by atoms with Crippen LogP contribution in [0.4, 0.5) is 0 Å². The van der Waals surface area contributed by atoms with Gasteiger partial charge in [0.1, 0.15) is 23.8 Å². The molecule has 0 aromatic rings. The van der Waals surface area contributed by atoms with Crippen LogP contribution in [0.3, 0.4) is 0 Å². The minimum atomic E-state index is -1.04. The van der Waals surface area contributed by atoms with E-state index in [9.17, 15) is 24.0 Å². The number of thioether (sulfide) groups is 1. The summed E-state index contributed by atoms with van der Waals surface area (Å²) in [5, 5.41) is 11.3. The molecule has 0 fully saturated rings. The molecule has 286 valence electrons. The van der Waals surface area contributed by atoms with E-state index < -0.39 is 17.5 Å². The highest BCUT2D eigenvalue weighted by atomic mass is 32.2. The minimum Gasteiger partial charge on any atom is -0.480 e. The van der Waals surface area contributed by atoms with Crippen LogP contribution in [0.1, 0.15) is 144 Å². The summed E-state index contributed by atoms with van der Waals surface area (Å²) in [4.78, 5) is 60.1. The number of ketones is 2. The lowest BCUT2D eigenvalue weighted by Gasteiger charge is -2.24. The van der Waals surface area contributed by atoms with E-state index in [1.807, 2.05) is 32.5 Å². The smallest absolute Gasteiger partial charge is 0.329 e. The summed E-state index contributed by atoms with van der Waals surface area (Å²) in [5.74, 6) is 1.96. The van der Waals surface area contributed by atoms with Crippen molar-refractivity contribution in [1.29, 1.82) is 0 Å². The van der Waals surface area contributed by atoms with Crippen molar-refractivity contribution in [2.45, 2.75) is 150 Å². The Morgan fingerprint density at radius 2 is 1.27 bits per heavy atom. The standard InChI is InChI=1S/C38H69NO9S/c1-30(2)31(3)28-34(41)18-11-8-7-9-13-26-49-27-14-10-12-17-33(40)19-15-16-32(37(45)48-38(4,5)6)20-21-35(42)39-22-23-46-24-25-47-29-36(43)44/h30-32H,7-29H2,1-6H3,(H,39,42)(H,43,44). The molecule has 2 unspecified atom stereocenters. The lowest BCUT2D eigenvalue weighted by Crippen LogP contribution is -2.31. The summed E-state index contributed by atoms with van der Waals surface area (Å²) >= 11 is 1.99. The van der Waals surface area contributed by atoms with Crippen LogP contribution in [0.25, 0.3) is 0 Å². The van der Waals surface area contributed by atoms with Crippen molar-refractivity contribution < 1.29 is 43.3 Å². The zero-order valence-electron chi connectivity index (χ0n) is 31.6. The van der Waals surface area contributed by atoms with Gasteiger partial charge in [-0.25, -0.2) is 4.79 Å². The third-order valence-corrected chi connectivity index (χ3v) is 9.47. The topological polar surface area (TPSA) is 145 Å². The molecule has 2 atom stereocenters. The van der Waals surface area contributed by atoms with Crippen LogP contribution < -0.4 is 5.32 Å². The number of nitrogens with one attached hydrogen (secondary N) is 1. The zero-order valence-corrected chi connectivity index (χ0v) is 32.4. The van der Waals surface area contributed by atoms with Gasteiger partial charge in [0.05, 0.1) is 25.7 Å². The molecule has 11 heteroatoms. The van der Waals surface area contributed by atoms with Crippen LogP contribution in [0.15, 0.2) is 0 Å². The van der Waals surface area contributed by atoms with E-state index in [-0.39, 0.29) is 50.5 Å². The third kappa shape index (κ3) is 31.7. The maximum atomic E-state index is 12.8. The molecule has 1 amide bonds. The van der Waals surface area contributed by atoms with E-state index in [0.717, 1.165) is 50.7 Å². The van der Waals surface area contributed by atoms with Crippen molar-refractivity contribution in [3.05, 3.63) is 0 Å². The summed E-state index contributed by atoms with van der Waals surface area (Å²) in [6.45, 7) is 12.5. The van der Waals surface area contributed by atoms with E-state index in [2.05, 4.69) is 26.1 Å². The highest BCUT2D eigenvalue weighted by molar-refractivity contribution is 7.99. The number of hydrogen-bond donors (Lipinski definition) is 2. The Bertz CT molecular complexity index is 919. The lowest BCUT2D eigenvalue weighted by molar-refractivity contribution is -0.160. The first kappa shape index (κ1) is 47.0. The fraction of sp³-hybridized carbons (Fsp3) is 0.868. The molecular formula is C38H69NO9S. The largest absolute Gasteiger partial charge is 0.480 e. The predicted octanol–water partition coefficient (Wildman–Crippen LogP) is 7.58. The Hall–Kier alpha value is -1.98. The molecule has 0 aliphatic carbocycles. The summed E-state index contributed by atoms with van der Waals surface area (Å²) in [5.41, 5.74) is -0.634. The summed E-state index contributed by atoms with van der Waals surface area (Å²) in [7, 11) is 0. The predicted molar refractivity (Wildman–Crippen MR) is 197 cm³/mol. The normalized spacial score (nSPS) is 12.9. The van der Waals surface area contributed by atoms with Gasteiger partial charge in [0.25, 0.3) is 0 Å². The number of carbonyl (C=O) groups is 5. The summed E-state index contributed by atoms with van der Waals surface area (Å²) in [6.07, 6.45) is 12.9. The number of unbranched alkanes of at least 4 members (excludes halogenated alkanes) is 6. The van der Waals surface area contributed by atoms with Crippen LogP contribution in [0.2, 0.25) is 0 Å². The molecule has 0 aromatic heterocycles. The van der Waals surface area contributed by atoms with Gasteiger partial charge in [-0.1, -0.05) is 46.5 Å². The van der Waals surface area contributed by atoms with Crippen molar-refractivity contribution in [3.8, 4) is 0 Å². The molecule has 0 aromatic carbocycles. The maximum absolute atomic E-state index is 12.8. The molecule has 0 bridgehead atoms. The maximum Gasteiger partial charge on any atom is 0.329 e. The Kier molecular flexibility index (Phi) is 28.5. The Morgan fingerprint density at radius 1 is 0.694 bits per heavy atom. The highest BCUT2D eigenvalue weighted by Crippen LogP contribution is 2.22. The zero-order chi connectivity index (χ0) is 36.9. The first-order valence-corrected chi connectivity index (χ1v) is 19.8. The van der Waals surface area contributed by atoms with Gasteiger partial charge in [0, 0.05) is 38.6 Å². The molecule has 10 nitrogen and oxygen atoms in total. The minimum absolute atomic E-state index is 0.158. The van der Waals surface area contributed by atoms with Gasteiger partial charge in [-0.05, 0) is 89.1 Å². The monoisotopic (exact) mass is 715 g/mol. The van der Waals surface area contributed by atoms with Crippen LogP contribution in [-0.2, 0) is 38.2 Å². The van der Waals surface area contributed by atoms with Crippen LogP contribution in [0, 0.1) is 17.8 Å². The van der Waals surface area contributed by atoms with Crippen molar-refractivity contribution in [3.63, 3.8) is 0 Å². The lowest BCUT2D eigenvalue weighted by atomic mass is 9.91. The number of Topliss-reactive ketones (excluding diaryl/α,β-unsaturated/α-hetero) is 2. The first-order chi connectivity index (χ1) is 23.2. The molecule has 0 rings (SSSR count). The molecule has 0 aliphatic rings. The van der Waals surface area contributed by atoms with Crippen LogP contribution in [0.5, 0.6) is 0 Å². The van der Waals surface area contributed by atoms with Gasteiger partial charge >= 0.3 is 11.9 Å². The van der Waals surface area contributed by atoms with Gasteiger partial charge in [0.2, 0.25) is 5.91 Å². The van der Waals surface area contributed by atoms with Gasteiger partial charge in [-0.2, -0.15) is 11.8 Å². The molecule has 0 heterocycles.